The van der Waals surface area contributed by atoms with E-state index in [4.69, 9.17) is 18.9 Å². The Morgan fingerprint density at radius 2 is 1.70 bits per heavy atom. The van der Waals surface area contributed by atoms with Crippen LogP contribution in [0.15, 0.2) is 42.5 Å². The van der Waals surface area contributed by atoms with E-state index in [1.54, 1.807) is 45.6 Å². The molecular weight excluding hydrogens is 346 g/mol. The molecule has 0 aliphatic carbocycles. The first-order chi connectivity index (χ1) is 13.1. The minimum Gasteiger partial charge on any atom is -0.497 e. The maximum atomic E-state index is 12.3. The minimum atomic E-state index is -0.285. The summed E-state index contributed by atoms with van der Waals surface area (Å²) >= 11 is 0. The lowest BCUT2D eigenvalue weighted by atomic mass is 10.2. The second-order valence-corrected chi connectivity index (χ2v) is 5.65. The van der Waals surface area contributed by atoms with E-state index in [0.29, 0.717) is 35.3 Å². The Kier molecular flexibility index (Phi) is 7.55. The van der Waals surface area contributed by atoms with Crippen LogP contribution in [0.5, 0.6) is 23.0 Å². The summed E-state index contributed by atoms with van der Waals surface area (Å²) in [5.41, 5.74) is 1.36. The lowest BCUT2D eigenvalue weighted by molar-refractivity contribution is -0.111. The third-order valence-corrected chi connectivity index (χ3v) is 3.74. The summed E-state index contributed by atoms with van der Waals surface area (Å²) in [5, 5.41) is 2.79. The first kappa shape index (κ1) is 20.2. The van der Waals surface area contributed by atoms with Gasteiger partial charge < -0.3 is 24.3 Å². The molecule has 1 amide bonds. The van der Waals surface area contributed by atoms with Crippen molar-refractivity contribution in [2.24, 2.45) is 0 Å². The van der Waals surface area contributed by atoms with E-state index in [1.165, 1.54) is 6.08 Å². The number of hydrogen-bond donors (Lipinski definition) is 1. The highest BCUT2D eigenvalue weighted by molar-refractivity contribution is 6.02. The molecule has 0 bridgehead atoms. The van der Waals surface area contributed by atoms with Crippen LogP contribution in [0.25, 0.3) is 6.08 Å². The van der Waals surface area contributed by atoms with Gasteiger partial charge in [-0.3, -0.25) is 4.79 Å². The zero-order valence-electron chi connectivity index (χ0n) is 16.1. The van der Waals surface area contributed by atoms with E-state index in [0.717, 1.165) is 12.0 Å². The maximum Gasteiger partial charge on any atom is 0.248 e. The predicted octanol–water partition coefficient (Wildman–Crippen LogP) is 4.15. The minimum absolute atomic E-state index is 0.285. The van der Waals surface area contributed by atoms with E-state index in [9.17, 15) is 4.79 Å². The fraction of sp³-hybridized carbons (Fsp3) is 0.286. The third-order valence-electron chi connectivity index (χ3n) is 3.74. The lowest BCUT2D eigenvalue weighted by Gasteiger charge is -2.11. The molecular formula is C21H25NO5. The molecule has 6 heteroatoms. The van der Waals surface area contributed by atoms with Gasteiger partial charge in [-0.15, -0.1) is 0 Å². The van der Waals surface area contributed by atoms with Crippen molar-refractivity contribution in [1.29, 1.82) is 0 Å². The summed E-state index contributed by atoms with van der Waals surface area (Å²) in [6, 6.07) is 10.7. The van der Waals surface area contributed by atoms with E-state index in [2.05, 4.69) is 5.32 Å². The number of anilines is 1. The topological polar surface area (TPSA) is 66.0 Å². The molecule has 2 aromatic carbocycles. The number of hydrogen-bond acceptors (Lipinski definition) is 5. The Labute approximate surface area is 159 Å². The average molecular weight is 371 g/mol. The number of carbonyl (C=O) groups excluding carboxylic acids is 1. The molecule has 144 valence electrons. The van der Waals surface area contributed by atoms with Crippen molar-refractivity contribution in [1.82, 2.24) is 0 Å². The van der Waals surface area contributed by atoms with E-state index < -0.39 is 0 Å². The van der Waals surface area contributed by atoms with Crippen LogP contribution < -0.4 is 24.3 Å². The van der Waals surface area contributed by atoms with Crippen molar-refractivity contribution in [3.05, 3.63) is 48.0 Å². The Morgan fingerprint density at radius 1 is 0.963 bits per heavy atom. The Hall–Kier alpha value is -3.15. The SMILES string of the molecule is CCCOc1ccc(/C=C/C(=O)Nc2cc(OC)ccc2OC)cc1OC. The smallest absolute Gasteiger partial charge is 0.248 e. The van der Waals surface area contributed by atoms with Gasteiger partial charge in [0.15, 0.2) is 11.5 Å². The van der Waals surface area contributed by atoms with Crippen molar-refractivity contribution in [3.8, 4) is 23.0 Å². The van der Waals surface area contributed by atoms with Crippen molar-refractivity contribution in [2.75, 3.05) is 33.3 Å². The van der Waals surface area contributed by atoms with E-state index >= 15 is 0 Å². The van der Waals surface area contributed by atoms with Crippen LogP contribution in [-0.4, -0.2) is 33.8 Å². The molecule has 1 N–H and O–H groups in total. The molecule has 0 aliphatic rings. The van der Waals surface area contributed by atoms with Crippen molar-refractivity contribution < 1.29 is 23.7 Å². The van der Waals surface area contributed by atoms with Crippen LogP contribution in [0.1, 0.15) is 18.9 Å². The first-order valence-corrected chi connectivity index (χ1v) is 8.63. The largest absolute Gasteiger partial charge is 0.497 e. The van der Waals surface area contributed by atoms with Crippen LogP contribution in [0.3, 0.4) is 0 Å². The molecule has 2 aromatic rings. The zero-order valence-corrected chi connectivity index (χ0v) is 16.1. The number of methoxy groups -OCH3 is 3. The molecule has 0 spiro atoms. The molecule has 0 atom stereocenters. The summed E-state index contributed by atoms with van der Waals surface area (Å²) in [6.07, 6.45) is 4.06. The molecule has 0 fully saturated rings. The van der Waals surface area contributed by atoms with Crippen LogP contribution >= 0.6 is 0 Å². The van der Waals surface area contributed by atoms with E-state index in [1.807, 2.05) is 25.1 Å². The average Bonchev–Trinajstić information content (AvgIpc) is 2.70. The Bertz CT molecular complexity index is 801. The number of benzene rings is 2. The van der Waals surface area contributed by atoms with Crippen LogP contribution in [0, 0.1) is 0 Å². The molecule has 0 aliphatic heterocycles. The van der Waals surface area contributed by atoms with Gasteiger partial charge >= 0.3 is 0 Å². The zero-order chi connectivity index (χ0) is 19.6. The van der Waals surface area contributed by atoms with Crippen molar-refractivity contribution >= 4 is 17.7 Å². The molecule has 0 saturated carbocycles. The van der Waals surface area contributed by atoms with Crippen LogP contribution in [-0.2, 0) is 4.79 Å². The molecule has 6 nitrogen and oxygen atoms in total. The van der Waals surface area contributed by atoms with Gasteiger partial charge in [-0.05, 0) is 42.3 Å². The molecule has 27 heavy (non-hydrogen) atoms. The van der Waals surface area contributed by atoms with Gasteiger partial charge in [0.05, 0.1) is 33.6 Å². The van der Waals surface area contributed by atoms with Crippen molar-refractivity contribution in [3.63, 3.8) is 0 Å². The predicted molar refractivity (Wildman–Crippen MR) is 106 cm³/mol. The molecule has 0 saturated heterocycles. The molecule has 0 aromatic heterocycles. The standard InChI is InChI=1S/C21H25NO5/c1-5-12-27-19-9-6-15(13-20(19)26-4)7-11-21(23)22-17-14-16(24-2)8-10-18(17)25-3/h6-11,13-14H,5,12H2,1-4H3,(H,22,23)/b11-7+. The van der Waals surface area contributed by atoms with Gasteiger partial charge in [0.25, 0.3) is 0 Å². The second-order valence-electron chi connectivity index (χ2n) is 5.65. The molecule has 2 rings (SSSR count). The van der Waals surface area contributed by atoms with Gasteiger partial charge in [-0.25, -0.2) is 0 Å². The number of rotatable bonds is 9. The summed E-state index contributed by atoms with van der Waals surface area (Å²) < 4.78 is 21.4. The quantitative estimate of drug-likeness (QED) is 0.671. The first-order valence-electron chi connectivity index (χ1n) is 8.63. The van der Waals surface area contributed by atoms with Gasteiger partial charge in [-0.2, -0.15) is 0 Å². The molecule has 0 unspecified atom stereocenters. The normalized spacial score (nSPS) is 10.5. The van der Waals surface area contributed by atoms with Gasteiger partial charge in [0, 0.05) is 12.1 Å². The lowest BCUT2D eigenvalue weighted by Crippen LogP contribution is -2.09. The number of nitrogens with one attached hydrogen (secondary N) is 1. The van der Waals surface area contributed by atoms with Gasteiger partial charge in [0.1, 0.15) is 11.5 Å². The monoisotopic (exact) mass is 371 g/mol. The van der Waals surface area contributed by atoms with Crippen LogP contribution in [0.4, 0.5) is 5.69 Å². The van der Waals surface area contributed by atoms with E-state index in [-0.39, 0.29) is 5.91 Å². The Balaban J connectivity index is 2.10. The fourth-order valence-electron chi connectivity index (χ4n) is 2.38. The summed E-state index contributed by atoms with van der Waals surface area (Å²) in [6.45, 7) is 2.66. The molecule has 0 radical (unpaired) electrons. The second kappa shape index (κ2) is 10.1. The number of amides is 1. The summed E-state index contributed by atoms with van der Waals surface area (Å²) in [7, 11) is 4.69. The number of ether oxygens (including phenoxy) is 4. The molecule has 0 heterocycles. The fourth-order valence-corrected chi connectivity index (χ4v) is 2.38. The maximum absolute atomic E-state index is 12.3. The highest BCUT2D eigenvalue weighted by Gasteiger charge is 2.08. The summed E-state index contributed by atoms with van der Waals surface area (Å²) in [4.78, 5) is 12.3. The van der Waals surface area contributed by atoms with Crippen molar-refractivity contribution in [2.45, 2.75) is 13.3 Å². The van der Waals surface area contributed by atoms with Gasteiger partial charge in [-0.1, -0.05) is 13.0 Å². The number of carbonyl (C=O) groups is 1. The third kappa shape index (κ3) is 5.67. The van der Waals surface area contributed by atoms with Crippen LogP contribution in [0.2, 0.25) is 0 Å². The Morgan fingerprint density at radius 3 is 2.37 bits per heavy atom. The van der Waals surface area contributed by atoms with Gasteiger partial charge in [0.2, 0.25) is 5.91 Å². The highest BCUT2D eigenvalue weighted by Crippen LogP contribution is 2.30. The summed E-state index contributed by atoms with van der Waals surface area (Å²) in [5.74, 6) is 2.20. The highest BCUT2D eigenvalue weighted by atomic mass is 16.5.